The first-order valence-corrected chi connectivity index (χ1v) is 5.99. The Morgan fingerprint density at radius 1 is 1.50 bits per heavy atom. The number of anilines is 1. The molecule has 3 N–H and O–H groups in total. The largest absolute Gasteiger partial charge is 0.399 e. The van der Waals surface area contributed by atoms with E-state index in [0.29, 0.717) is 12.2 Å². The maximum atomic E-state index is 11.9. The van der Waals surface area contributed by atoms with Crippen LogP contribution in [0, 0.1) is 0 Å². The fourth-order valence-corrected chi connectivity index (χ4v) is 1.66. The van der Waals surface area contributed by atoms with E-state index in [1.807, 2.05) is 26.0 Å². The number of aliphatic hydroxyl groups excluding tert-OH is 1. The molecule has 0 aromatic heterocycles. The Kier molecular flexibility index (Phi) is 5.39. The van der Waals surface area contributed by atoms with Gasteiger partial charge in [0, 0.05) is 24.4 Å². The fourth-order valence-electron chi connectivity index (χ4n) is 1.66. The molecule has 0 unspecified atom stereocenters. The second-order valence-electron chi connectivity index (χ2n) is 4.35. The lowest BCUT2D eigenvalue weighted by Crippen LogP contribution is -2.37. The first-order valence-electron chi connectivity index (χ1n) is 5.99. The second kappa shape index (κ2) is 6.81. The lowest BCUT2D eigenvalue weighted by Gasteiger charge is -2.24. The van der Waals surface area contributed by atoms with E-state index in [4.69, 9.17) is 10.8 Å². The zero-order valence-corrected chi connectivity index (χ0v) is 10.8. The van der Waals surface area contributed by atoms with Crippen molar-refractivity contribution in [1.29, 1.82) is 0 Å². The second-order valence-corrected chi connectivity index (χ2v) is 4.35. The van der Waals surface area contributed by atoms with Crippen molar-refractivity contribution < 1.29 is 9.90 Å². The van der Waals surface area contributed by atoms with Crippen LogP contribution in [-0.4, -0.2) is 35.1 Å². The van der Waals surface area contributed by atoms with Crippen molar-refractivity contribution in [3.8, 4) is 0 Å². The van der Waals surface area contributed by atoms with Crippen LogP contribution in [0.1, 0.15) is 19.4 Å². The number of benzene rings is 1. The number of nitrogen functional groups attached to an aromatic ring is 1. The molecular formula is C14H20N2O2. The van der Waals surface area contributed by atoms with Crippen LogP contribution in [0.5, 0.6) is 0 Å². The van der Waals surface area contributed by atoms with Gasteiger partial charge in [-0.15, -0.1) is 0 Å². The minimum atomic E-state index is -0.110. The lowest BCUT2D eigenvalue weighted by molar-refractivity contribution is -0.128. The number of amides is 1. The Hall–Kier alpha value is -1.81. The highest BCUT2D eigenvalue weighted by atomic mass is 16.3. The first kappa shape index (κ1) is 14.3. The molecule has 1 rings (SSSR count). The van der Waals surface area contributed by atoms with Crippen LogP contribution in [0.15, 0.2) is 30.3 Å². The van der Waals surface area contributed by atoms with E-state index in [-0.39, 0.29) is 18.6 Å². The third kappa shape index (κ3) is 4.22. The number of rotatable bonds is 5. The predicted octanol–water partition coefficient (Wildman–Crippen LogP) is 1.51. The van der Waals surface area contributed by atoms with Crippen molar-refractivity contribution >= 4 is 17.7 Å². The molecule has 0 aliphatic rings. The zero-order chi connectivity index (χ0) is 13.5. The molecule has 0 heterocycles. The van der Waals surface area contributed by atoms with E-state index < -0.39 is 0 Å². The van der Waals surface area contributed by atoms with Crippen LogP contribution in [0.3, 0.4) is 0 Å². The highest BCUT2D eigenvalue weighted by Gasteiger charge is 2.12. The normalized spacial score (nSPS) is 11.1. The average molecular weight is 248 g/mol. The van der Waals surface area contributed by atoms with Gasteiger partial charge in [0.1, 0.15) is 0 Å². The van der Waals surface area contributed by atoms with Crippen molar-refractivity contribution in [2.24, 2.45) is 0 Å². The quantitative estimate of drug-likeness (QED) is 0.613. The highest BCUT2D eigenvalue weighted by Crippen LogP contribution is 2.09. The molecule has 18 heavy (non-hydrogen) atoms. The maximum absolute atomic E-state index is 11.9. The van der Waals surface area contributed by atoms with Crippen LogP contribution in [0.25, 0.3) is 6.08 Å². The summed E-state index contributed by atoms with van der Waals surface area (Å²) in [5, 5.41) is 8.92. The first-order chi connectivity index (χ1) is 8.54. The van der Waals surface area contributed by atoms with E-state index in [9.17, 15) is 4.79 Å². The monoisotopic (exact) mass is 248 g/mol. The molecule has 0 saturated carbocycles. The molecule has 0 saturated heterocycles. The molecule has 0 spiro atoms. The summed E-state index contributed by atoms with van der Waals surface area (Å²) in [5.74, 6) is -0.110. The van der Waals surface area contributed by atoms with E-state index in [1.54, 1.807) is 23.1 Å². The molecule has 0 aliphatic carbocycles. The number of nitrogens with two attached hydrogens (primary N) is 1. The van der Waals surface area contributed by atoms with Crippen LogP contribution in [-0.2, 0) is 4.79 Å². The Balaban J connectivity index is 2.73. The molecule has 0 bridgehead atoms. The molecule has 0 fully saturated rings. The third-order valence-electron chi connectivity index (χ3n) is 2.58. The van der Waals surface area contributed by atoms with E-state index >= 15 is 0 Å². The summed E-state index contributed by atoms with van der Waals surface area (Å²) in [4.78, 5) is 13.5. The number of carbonyl (C=O) groups excluding carboxylic acids is 1. The smallest absolute Gasteiger partial charge is 0.246 e. The van der Waals surface area contributed by atoms with E-state index in [0.717, 1.165) is 5.56 Å². The molecule has 0 atom stereocenters. The molecule has 0 aliphatic heterocycles. The molecule has 1 amide bonds. The molecule has 4 heteroatoms. The molecule has 98 valence electrons. The SMILES string of the molecule is CC(C)N(CCO)C(=O)/C=C/c1cccc(N)c1. The summed E-state index contributed by atoms with van der Waals surface area (Å²) in [6, 6.07) is 7.38. The summed E-state index contributed by atoms with van der Waals surface area (Å²) in [7, 11) is 0. The summed E-state index contributed by atoms with van der Waals surface area (Å²) in [5.41, 5.74) is 7.21. The van der Waals surface area contributed by atoms with Crippen molar-refractivity contribution in [2.75, 3.05) is 18.9 Å². The van der Waals surface area contributed by atoms with Gasteiger partial charge in [0.25, 0.3) is 0 Å². The van der Waals surface area contributed by atoms with Gasteiger partial charge in [-0.2, -0.15) is 0 Å². The zero-order valence-electron chi connectivity index (χ0n) is 10.8. The summed E-state index contributed by atoms with van der Waals surface area (Å²) in [6.45, 7) is 4.15. The molecule has 0 radical (unpaired) electrons. The van der Waals surface area contributed by atoms with Crippen molar-refractivity contribution in [1.82, 2.24) is 4.90 Å². The lowest BCUT2D eigenvalue weighted by atomic mass is 10.2. The minimum absolute atomic E-state index is 0.0317. The third-order valence-corrected chi connectivity index (χ3v) is 2.58. The number of nitrogens with zero attached hydrogens (tertiary/aromatic N) is 1. The Morgan fingerprint density at radius 3 is 2.78 bits per heavy atom. The van der Waals surface area contributed by atoms with Gasteiger partial charge >= 0.3 is 0 Å². The van der Waals surface area contributed by atoms with Gasteiger partial charge in [-0.25, -0.2) is 0 Å². The maximum Gasteiger partial charge on any atom is 0.246 e. The van der Waals surface area contributed by atoms with Crippen molar-refractivity contribution in [2.45, 2.75) is 19.9 Å². The number of hydrogen-bond acceptors (Lipinski definition) is 3. The topological polar surface area (TPSA) is 66.6 Å². The van der Waals surface area contributed by atoms with Gasteiger partial charge in [-0.1, -0.05) is 12.1 Å². The van der Waals surface area contributed by atoms with E-state index in [2.05, 4.69) is 0 Å². The number of hydrogen-bond donors (Lipinski definition) is 2. The number of aliphatic hydroxyl groups is 1. The summed E-state index contributed by atoms with van der Waals surface area (Å²) < 4.78 is 0. The van der Waals surface area contributed by atoms with Gasteiger partial charge in [0.05, 0.1) is 6.61 Å². The standard InChI is InChI=1S/C14H20N2O2/c1-11(2)16(8-9-17)14(18)7-6-12-4-3-5-13(15)10-12/h3-7,10-11,17H,8-9,15H2,1-2H3/b7-6+. The van der Waals surface area contributed by atoms with E-state index in [1.165, 1.54) is 6.08 Å². The summed E-state index contributed by atoms with van der Waals surface area (Å²) >= 11 is 0. The highest BCUT2D eigenvalue weighted by molar-refractivity contribution is 5.92. The Labute approximate surface area is 108 Å². The summed E-state index contributed by atoms with van der Waals surface area (Å²) in [6.07, 6.45) is 3.23. The van der Waals surface area contributed by atoms with Gasteiger partial charge < -0.3 is 15.7 Å². The Bertz CT molecular complexity index is 428. The fraction of sp³-hybridized carbons (Fsp3) is 0.357. The minimum Gasteiger partial charge on any atom is -0.399 e. The van der Waals surface area contributed by atoms with Gasteiger partial charge in [0.15, 0.2) is 0 Å². The molecule has 4 nitrogen and oxygen atoms in total. The molecule has 1 aromatic rings. The average Bonchev–Trinajstić information content (AvgIpc) is 2.32. The molecule has 1 aromatic carbocycles. The van der Waals surface area contributed by atoms with Crippen molar-refractivity contribution in [3.63, 3.8) is 0 Å². The van der Waals surface area contributed by atoms with Gasteiger partial charge in [0.2, 0.25) is 5.91 Å². The molecular weight excluding hydrogens is 228 g/mol. The van der Waals surface area contributed by atoms with Crippen LogP contribution >= 0.6 is 0 Å². The number of carbonyl (C=O) groups is 1. The van der Waals surface area contributed by atoms with Gasteiger partial charge in [-0.05, 0) is 37.6 Å². The van der Waals surface area contributed by atoms with Crippen molar-refractivity contribution in [3.05, 3.63) is 35.9 Å². The van der Waals surface area contributed by atoms with Crippen LogP contribution < -0.4 is 5.73 Å². The van der Waals surface area contributed by atoms with Gasteiger partial charge in [-0.3, -0.25) is 4.79 Å². The predicted molar refractivity (Wildman–Crippen MR) is 73.8 cm³/mol. The Morgan fingerprint density at radius 2 is 2.22 bits per heavy atom. The van der Waals surface area contributed by atoms with Crippen LogP contribution in [0.4, 0.5) is 5.69 Å². The van der Waals surface area contributed by atoms with Crippen LogP contribution in [0.2, 0.25) is 0 Å².